The Balaban J connectivity index is 1.64. The first kappa shape index (κ1) is 15.7. The van der Waals surface area contributed by atoms with E-state index in [1.807, 2.05) is 48.5 Å². The number of H-pyrrole nitrogens is 1. The largest absolute Gasteiger partial charge is 0.380 e. The molecule has 4 aromatic rings. The third-order valence-electron chi connectivity index (χ3n) is 4.10. The maximum absolute atomic E-state index is 6.34. The number of nitrogen functional groups attached to an aromatic ring is 1. The van der Waals surface area contributed by atoms with Gasteiger partial charge < -0.3 is 21.0 Å². The Morgan fingerprint density at radius 2 is 1.96 bits per heavy atom. The number of imidazole rings is 1. The summed E-state index contributed by atoms with van der Waals surface area (Å²) in [5, 5.41) is 4.95. The Morgan fingerprint density at radius 3 is 2.76 bits per heavy atom. The Kier molecular flexibility index (Phi) is 3.91. The van der Waals surface area contributed by atoms with E-state index in [0.29, 0.717) is 34.5 Å². The van der Waals surface area contributed by atoms with Gasteiger partial charge in [0.1, 0.15) is 16.7 Å². The van der Waals surface area contributed by atoms with Gasteiger partial charge in [0, 0.05) is 5.56 Å². The van der Waals surface area contributed by atoms with Gasteiger partial charge in [-0.3, -0.25) is 0 Å². The minimum Gasteiger partial charge on any atom is -0.380 e. The first-order valence-electron chi connectivity index (χ1n) is 7.82. The molecule has 0 amide bonds. The van der Waals surface area contributed by atoms with Gasteiger partial charge in [-0.2, -0.15) is 0 Å². The zero-order valence-electron chi connectivity index (χ0n) is 13.2. The third-order valence-corrected chi connectivity index (χ3v) is 4.37. The van der Waals surface area contributed by atoms with Crippen molar-refractivity contribution in [3.05, 3.63) is 65.1 Å². The van der Waals surface area contributed by atoms with Crippen LogP contribution in [0.2, 0.25) is 5.15 Å². The number of nitrogens with two attached hydrogens (primary N) is 2. The summed E-state index contributed by atoms with van der Waals surface area (Å²) in [5.41, 5.74) is 15.2. The molecule has 0 unspecified atom stereocenters. The number of nitrogens with zero attached hydrogens (tertiary/aromatic N) is 2. The van der Waals surface area contributed by atoms with Crippen molar-refractivity contribution in [3.63, 3.8) is 0 Å². The molecule has 4 rings (SSSR count). The number of benzene rings is 2. The summed E-state index contributed by atoms with van der Waals surface area (Å²) in [6.45, 7) is 0. The van der Waals surface area contributed by atoms with Gasteiger partial charge in [-0.1, -0.05) is 53.2 Å². The van der Waals surface area contributed by atoms with Crippen LogP contribution < -0.4 is 11.5 Å². The monoisotopic (exact) mass is 353 g/mol. The number of rotatable bonds is 4. The van der Waals surface area contributed by atoms with E-state index in [4.69, 9.17) is 27.6 Å². The fourth-order valence-electron chi connectivity index (χ4n) is 2.81. The standard InChI is InChI=1S/C18H16ClN5O/c19-16-15(11-6-7-12-14(9-11)25-24-17(12)21)22-18(23-16)13(20)8-10-4-2-1-3-5-10/h1-7,9,13H,8,20H2,(H2,21,24)(H,22,23)/t13-/m0/s1. The van der Waals surface area contributed by atoms with Crippen LogP contribution in [0.3, 0.4) is 0 Å². The molecular weight excluding hydrogens is 338 g/mol. The van der Waals surface area contributed by atoms with E-state index in [2.05, 4.69) is 15.1 Å². The lowest BCUT2D eigenvalue weighted by molar-refractivity contribution is 0.460. The molecule has 2 heterocycles. The van der Waals surface area contributed by atoms with Gasteiger partial charge in [0.25, 0.3) is 0 Å². The second kappa shape index (κ2) is 6.23. The summed E-state index contributed by atoms with van der Waals surface area (Å²) < 4.78 is 5.20. The highest BCUT2D eigenvalue weighted by molar-refractivity contribution is 6.32. The Morgan fingerprint density at radius 1 is 1.16 bits per heavy atom. The molecule has 25 heavy (non-hydrogen) atoms. The summed E-state index contributed by atoms with van der Waals surface area (Å²) in [4.78, 5) is 7.66. The summed E-state index contributed by atoms with van der Waals surface area (Å²) in [7, 11) is 0. The molecule has 0 aliphatic rings. The van der Waals surface area contributed by atoms with E-state index >= 15 is 0 Å². The first-order valence-corrected chi connectivity index (χ1v) is 8.20. The van der Waals surface area contributed by atoms with Gasteiger partial charge in [-0.15, -0.1) is 0 Å². The lowest BCUT2D eigenvalue weighted by Gasteiger charge is -2.08. The van der Waals surface area contributed by atoms with Gasteiger partial charge in [-0.05, 0) is 24.1 Å². The van der Waals surface area contributed by atoms with Gasteiger partial charge >= 0.3 is 0 Å². The average Bonchev–Trinajstić information content (AvgIpc) is 3.19. The zero-order chi connectivity index (χ0) is 17.4. The topological polar surface area (TPSA) is 107 Å². The van der Waals surface area contributed by atoms with E-state index in [1.54, 1.807) is 0 Å². The van der Waals surface area contributed by atoms with Crippen LogP contribution in [0.15, 0.2) is 53.1 Å². The molecule has 0 radical (unpaired) electrons. The molecule has 0 saturated heterocycles. The van der Waals surface area contributed by atoms with Crippen molar-refractivity contribution in [2.24, 2.45) is 5.73 Å². The molecule has 6 nitrogen and oxygen atoms in total. The van der Waals surface area contributed by atoms with Crippen LogP contribution in [0.1, 0.15) is 17.4 Å². The van der Waals surface area contributed by atoms with E-state index in [-0.39, 0.29) is 6.04 Å². The number of nitrogens with one attached hydrogen (secondary N) is 1. The van der Waals surface area contributed by atoms with Crippen molar-refractivity contribution in [3.8, 4) is 11.3 Å². The Hall–Kier alpha value is -2.83. The SMILES string of the molecule is Nc1noc2cc(-c3nc([C@@H](N)Cc4ccccc4)[nH]c3Cl)ccc12. The van der Waals surface area contributed by atoms with Crippen LogP contribution in [0.4, 0.5) is 5.82 Å². The number of anilines is 1. The summed E-state index contributed by atoms with van der Waals surface area (Å²) in [6.07, 6.45) is 0.668. The molecule has 0 saturated carbocycles. The van der Waals surface area contributed by atoms with Crippen molar-refractivity contribution in [2.45, 2.75) is 12.5 Å². The lowest BCUT2D eigenvalue weighted by Crippen LogP contribution is -2.15. The second-order valence-corrected chi connectivity index (χ2v) is 6.24. The average molecular weight is 354 g/mol. The minimum atomic E-state index is -0.279. The maximum atomic E-state index is 6.34. The number of hydrogen-bond acceptors (Lipinski definition) is 5. The van der Waals surface area contributed by atoms with Crippen LogP contribution in [-0.2, 0) is 6.42 Å². The molecule has 0 fully saturated rings. The third kappa shape index (κ3) is 2.97. The predicted molar refractivity (Wildman–Crippen MR) is 98.1 cm³/mol. The molecule has 1 atom stereocenters. The van der Waals surface area contributed by atoms with Crippen LogP contribution in [-0.4, -0.2) is 15.1 Å². The van der Waals surface area contributed by atoms with Crippen LogP contribution in [0.5, 0.6) is 0 Å². The molecule has 126 valence electrons. The normalized spacial score (nSPS) is 12.6. The molecule has 0 aliphatic heterocycles. The van der Waals surface area contributed by atoms with Gasteiger partial charge in [0.2, 0.25) is 0 Å². The fourth-order valence-corrected chi connectivity index (χ4v) is 3.05. The van der Waals surface area contributed by atoms with E-state index in [9.17, 15) is 0 Å². The summed E-state index contributed by atoms with van der Waals surface area (Å²) in [6, 6.07) is 15.3. The molecule has 2 aromatic carbocycles. The highest BCUT2D eigenvalue weighted by Gasteiger charge is 2.17. The minimum absolute atomic E-state index is 0.279. The van der Waals surface area contributed by atoms with Crippen molar-refractivity contribution in [1.82, 2.24) is 15.1 Å². The molecule has 5 N–H and O–H groups in total. The second-order valence-electron chi connectivity index (χ2n) is 5.86. The van der Waals surface area contributed by atoms with Gasteiger partial charge in [0.15, 0.2) is 11.4 Å². The van der Waals surface area contributed by atoms with E-state index < -0.39 is 0 Å². The molecule has 0 bridgehead atoms. The van der Waals surface area contributed by atoms with Crippen LogP contribution in [0.25, 0.3) is 22.2 Å². The van der Waals surface area contributed by atoms with Gasteiger partial charge in [0.05, 0.1) is 11.4 Å². The molecule has 2 aromatic heterocycles. The fraction of sp³-hybridized carbons (Fsp3) is 0.111. The molecule has 0 spiro atoms. The molecule has 7 heteroatoms. The number of halogens is 1. The van der Waals surface area contributed by atoms with Crippen molar-refractivity contribution in [2.75, 3.05) is 5.73 Å². The van der Waals surface area contributed by atoms with Crippen LogP contribution >= 0.6 is 11.6 Å². The quantitative estimate of drug-likeness (QED) is 0.518. The van der Waals surface area contributed by atoms with Gasteiger partial charge in [-0.25, -0.2) is 4.98 Å². The Bertz CT molecular complexity index is 1020. The van der Waals surface area contributed by atoms with E-state index in [1.165, 1.54) is 0 Å². The lowest BCUT2D eigenvalue weighted by atomic mass is 10.1. The predicted octanol–water partition coefficient (Wildman–Crippen LogP) is 3.70. The Labute approximate surface area is 148 Å². The van der Waals surface area contributed by atoms with E-state index in [0.717, 1.165) is 16.5 Å². The number of aromatic amines is 1. The van der Waals surface area contributed by atoms with Crippen molar-refractivity contribution in [1.29, 1.82) is 0 Å². The zero-order valence-corrected chi connectivity index (χ0v) is 14.0. The molecular formula is C18H16ClN5O. The molecule has 0 aliphatic carbocycles. The van der Waals surface area contributed by atoms with Crippen LogP contribution in [0, 0.1) is 0 Å². The summed E-state index contributed by atoms with van der Waals surface area (Å²) >= 11 is 6.34. The maximum Gasteiger partial charge on any atom is 0.174 e. The van der Waals surface area contributed by atoms with Crippen molar-refractivity contribution < 1.29 is 4.52 Å². The number of fused-ring (bicyclic) bond motifs is 1. The first-order chi connectivity index (χ1) is 12.1. The summed E-state index contributed by atoms with van der Waals surface area (Å²) in [5.74, 6) is 1.00. The smallest absolute Gasteiger partial charge is 0.174 e. The highest BCUT2D eigenvalue weighted by atomic mass is 35.5. The number of aromatic nitrogens is 3. The number of hydrogen-bond donors (Lipinski definition) is 3. The van der Waals surface area contributed by atoms with Crippen molar-refractivity contribution >= 4 is 28.4 Å². The highest BCUT2D eigenvalue weighted by Crippen LogP contribution is 2.31.